The highest BCUT2D eigenvalue weighted by molar-refractivity contribution is 6.30. The molecule has 0 saturated heterocycles. The van der Waals surface area contributed by atoms with E-state index < -0.39 is 6.10 Å². The first-order valence-corrected chi connectivity index (χ1v) is 8.29. The van der Waals surface area contributed by atoms with Crippen molar-refractivity contribution in [3.63, 3.8) is 0 Å². The summed E-state index contributed by atoms with van der Waals surface area (Å²) in [6, 6.07) is 16.6. The molecule has 5 heteroatoms. The van der Waals surface area contributed by atoms with E-state index in [0.717, 1.165) is 11.1 Å². The van der Waals surface area contributed by atoms with E-state index in [1.165, 1.54) is 0 Å². The Morgan fingerprint density at radius 3 is 2.42 bits per heavy atom. The predicted octanol–water partition coefficient (Wildman–Crippen LogP) is 3.01. The van der Waals surface area contributed by atoms with E-state index >= 15 is 0 Å². The SMILES string of the molecule is CC(NC(=O)CN(C)Cc1ccccc1)C(O)c1ccc(Cl)cc1. The van der Waals surface area contributed by atoms with Crippen LogP contribution in [0.15, 0.2) is 54.6 Å². The molecular weight excluding hydrogens is 324 g/mol. The Balaban J connectivity index is 1.83. The van der Waals surface area contributed by atoms with Crippen LogP contribution in [0.25, 0.3) is 0 Å². The van der Waals surface area contributed by atoms with Gasteiger partial charge in [-0.25, -0.2) is 0 Å². The Hall–Kier alpha value is -1.88. The normalized spacial score (nSPS) is 13.5. The number of aliphatic hydroxyl groups is 1. The molecule has 0 saturated carbocycles. The number of aliphatic hydroxyl groups excluding tert-OH is 1. The average molecular weight is 347 g/mol. The number of nitrogens with zero attached hydrogens (tertiary/aromatic N) is 1. The van der Waals surface area contributed by atoms with Crippen molar-refractivity contribution in [1.29, 1.82) is 0 Å². The molecule has 0 aliphatic heterocycles. The highest BCUT2D eigenvalue weighted by atomic mass is 35.5. The summed E-state index contributed by atoms with van der Waals surface area (Å²) in [5.74, 6) is -0.117. The lowest BCUT2D eigenvalue weighted by atomic mass is 10.0. The van der Waals surface area contributed by atoms with Crippen LogP contribution in [0.3, 0.4) is 0 Å². The van der Waals surface area contributed by atoms with E-state index in [0.29, 0.717) is 11.6 Å². The van der Waals surface area contributed by atoms with Gasteiger partial charge in [-0.05, 0) is 37.2 Å². The summed E-state index contributed by atoms with van der Waals surface area (Å²) in [7, 11) is 1.90. The lowest BCUT2D eigenvalue weighted by molar-refractivity contribution is -0.123. The third-order valence-electron chi connectivity index (χ3n) is 3.78. The van der Waals surface area contributed by atoms with Crippen molar-refractivity contribution < 1.29 is 9.90 Å². The molecule has 1 amide bonds. The maximum absolute atomic E-state index is 12.2. The molecule has 0 radical (unpaired) electrons. The molecular formula is C19H23ClN2O2. The quantitative estimate of drug-likeness (QED) is 0.810. The van der Waals surface area contributed by atoms with Crippen LogP contribution >= 0.6 is 11.6 Å². The van der Waals surface area contributed by atoms with Crippen LogP contribution < -0.4 is 5.32 Å². The van der Waals surface area contributed by atoms with E-state index in [2.05, 4.69) is 5.32 Å². The smallest absolute Gasteiger partial charge is 0.234 e. The third kappa shape index (κ3) is 5.64. The van der Waals surface area contributed by atoms with Crippen LogP contribution in [0.1, 0.15) is 24.2 Å². The van der Waals surface area contributed by atoms with Crippen LogP contribution in [0.4, 0.5) is 0 Å². The maximum atomic E-state index is 12.2. The molecule has 2 aromatic carbocycles. The van der Waals surface area contributed by atoms with Crippen molar-refractivity contribution in [2.24, 2.45) is 0 Å². The number of hydrogen-bond acceptors (Lipinski definition) is 3. The minimum Gasteiger partial charge on any atom is -0.386 e. The van der Waals surface area contributed by atoms with Gasteiger partial charge in [-0.3, -0.25) is 9.69 Å². The molecule has 128 valence electrons. The first-order valence-electron chi connectivity index (χ1n) is 7.91. The molecule has 0 spiro atoms. The second-order valence-corrected chi connectivity index (χ2v) is 6.45. The average Bonchev–Trinajstić information content (AvgIpc) is 2.55. The zero-order valence-electron chi connectivity index (χ0n) is 13.9. The first-order chi connectivity index (χ1) is 11.5. The fourth-order valence-corrected chi connectivity index (χ4v) is 2.65. The largest absolute Gasteiger partial charge is 0.386 e. The van der Waals surface area contributed by atoms with Crippen molar-refractivity contribution in [3.05, 3.63) is 70.7 Å². The van der Waals surface area contributed by atoms with Crippen molar-refractivity contribution in [2.75, 3.05) is 13.6 Å². The van der Waals surface area contributed by atoms with Crippen molar-refractivity contribution in [1.82, 2.24) is 10.2 Å². The predicted molar refractivity (Wildman–Crippen MR) is 96.8 cm³/mol. The van der Waals surface area contributed by atoms with Crippen LogP contribution in [0.2, 0.25) is 5.02 Å². The van der Waals surface area contributed by atoms with Gasteiger partial charge in [-0.1, -0.05) is 54.1 Å². The van der Waals surface area contributed by atoms with Crippen LogP contribution in [-0.2, 0) is 11.3 Å². The molecule has 2 rings (SSSR count). The highest BCUT2D eigenvalue weighted by Crippen LogP contribution is 2.19. The Bertz CT molecular complexity index is 646. The van der Waals surface area contributed by atoms with Gasteiger partial charge in [-0.15, -0.1) is 0 Å². The van der Waals surface area contributed by atoms with Gasteiger partial charge in [0.2, 0.25) is 5.91 Å². The van der Waals surface area contributed by atoms with Crippen LogP contribution in [-0.4, -0.2) is 35.5 Å². The van der Waals surface area contributed by atoms with Gasteiger partial charge in [0.25, 0.3) is 0 Å². The van der Waals surface area contributed by atoms with Crippen molar-refractivity contribution >= 4 is 17.5 Å². The summed E-state index contributed by atoms with van der Waals surface area (Å²) in [4.78, 5) is 14.1. The molecule has 0 aliphatic carbocycles. The molecule has 2 atom stereocenters. The summed E-state index contributed by atoms with van der Waals surface area (Å²) in [6.45, 7) is 2.75. The Kier molecular flexibility index (Phi) is 6.79. The summed E-state index contributed by atoms with van der Waals surface area (Å²) < 4.78 is 0. The Morgan fingerprint density at radius 2 is 1.79 bits per heavy atom. The summed E-state index contributed by atoms with van der Waals surface area (Å²) in [5, 5.41) is 13.8. The number of nitrogens with one attached hydrogen (secondary N) is 1. The monoisotopic (exact) mass is 346 g/mol. The zero-order valence-corrected chi connectivity index (χ0v) is 14.7. The summed E-state index contributed by atoms with van der Waals surface area (Å²) in [5.41, 5.74) is 1.88. The number of carbonyl (C=O) groups is 1. The number of halogens is 1. The van der Waals surface area contributed by atoms with E-state index in [4.69, 9.17) is 11.6 Å². The first kappa shape index (κ1) is 18.5. The fourth-order valence-electron chi connectivity index (χ4n) is 2.52. The van der Waals surface area contributed by atoms with Gasteiger partial charge in [0.15, 0.2) is 0 Å². The number of likely N-dealkylation sites (N-methyl/N-ethyl adjacent to an activating group) is 1. The van der Waals surface area contributed by atoms with Crippen LogP contribution in [0.5, 0.6) is 0 Å². The second kappa shape index (κ2) is 8.83. The second-order valence-electron chi connectivity index (χ2n) is 6.01. The van der Waals surface area contributed by atoms with E-state index in [9.17, 15) is 9.90 Å². The van der Waals surface area contributed by atoms with E-state index in [1.807, 2.05) is 42.3 Å². The lowest BCUT2D eigenvalue weighted by Gasteiger charge is -2.23. The van der Waals surface area contributed by atoms with Crippen molar-refractivity contribution in [3.8, 4) is 0 Å². The molecule has 2 unspecified atom stereocenters. The van der Waals surface area contributed by atoms with E-state index in [1.54, 1.807) is 31.2 Å². The number of benzene rings is 2. The number of amides is 1. The minimum absolute atomic E-state index is 0.117. The minimum atomic E-state index is -0.773. The lowest BCUT2D eigenvalue weighted by Crippen LogP contribution is -2.42. The number of carbonyl (C=O) groups excluding carboxylic acids is 1. The molecule has 2 N–H and O–H groups in total. The van der Waals surface area contributed by atoms with Gasteiger partial charge in [0, 0.05) is 11.6 Å². The van der Waals surface area contributed by atoms with Gasteiger partial charge in [0.05, 0.1) is 18.7 Å². The van der Waals surface area contributed by atoms with Gasteiger partial charge in [0.1, 0.15) is 0 Å². The molecule has 0 bridgehead atoms. The topological polar surface area (TPSA) is 52.6 Å². The molecule has 0 aromatic heterocycles. The Morgan fingerprint density at radius 1 is 1.17 bits per heavy atom. The van der Waals surface area contributed by atoms with Gasteiger partial charge >= 0.3 is 0 Å². The van der Waals surface area contributed by atoms with Gasteiger partial charge in [-0.2, -0.15) is 0 Å². The van der Waals surface area contributed by atoms with Crippen molar-refractivity contribution in [2.45, 2.75) is 25.6 Å². The maximum Gasteiger partial charge on any atom is 0.234 e. The summed E-state index contributed by atoms with van der Waals surface area (Å²) in [6.07, 6.45) is -0.773. The molecule has 2 aromatic rings. The molecule has 0 fully saturated rings. The molecule has 24 heavy (non-hydrogen) atoms. The number of hydrogen-bond donors (Lipinski definition) is 2. The Labute approximate surface area is 148 Å². The summed E-state index contributed by atoms with van der Waals surface area (Å²) >= 11 is 5.85. The molecule has 4 nitrogen and oxygen atoms in total. The fraction of sp³-hybridized carbons (Fsp3) is 0.316. The number of rotatable bonds is 7. The van der Waals surface area contributed by atoms with Gasteiger partial charge < -0.3 is 10.4 Å². The zero-order chi connectivity index (χ0) is 17.5. The highest BCUT2D eigenvalue weighted by Gasteiger charge is 2.19. The molecule has 0 heterocycles. The third-order valence-corrected chi connectivity index (χ3v) is 4.03. The standard InChI is InChI=1S/C19H23ClN2O2/c1-14(19(24)16-8-10-17(20)11-9-16)21-18(23)13-22(2)12-15-6-4-3-5-7-15/h3-11,14,19,24H,12-13H2,1-2H3,(H,21,23). The van der Waals surface area contributed by atoms with Crippen LogP contribution in [0, 0.1) is 0 Å². The molecule has 0 aliphatic rings. The van der Waals surface area contributed by atoms with E-state index in [-0.39, 0.29) is 18.5 Å².